The third-order valence-electron chi connectivity index (χ3n) is 3.25. The molecule has 0 saturated carbocycles. The number of rotatable bonds is 5. The fraction of sp³-hybridized carbons (Fsp3) is 0.412. The van der Waals surface area contributed by atoms with Gasteiger partial charge >= 0.3 is 0 Å². The summed E-state index contributed by atoms with van der Waals surface area (Å²) in [6.45, 7) is 6.60. The van der Waals surface area contributed by atoms with Gasteiger partial charge in [-0.2, -0.15) is 0 Å². The highest BCUT2D eigenvalue weighted by molar-refractivity contribution is 5.92. The van der Waals surface area contributed by atoms with Crippen LogP contribution >= 0.6 is 0 Å². The van der Waals surface area contributed by atoms with Gasteiger partial charge in [-0.05, 0) is 57.0 Å². The Kier molecular flexibility index (Phi) is 5.26. The van der Waals surface area contributed by atoms with Crippen molar-refractivity contribution >= 4 is 11.7 Å². The molecule has 2 rings (SSSR count). The van der Waals surface area contributed by atoms with Gasteiger partial charge in [0, 0.05) is 31.5 Å². The first-order valence-electron chi connectivity index (χ1n) is 7.61. The van der Waals surface area contributed by atoms with Crippen molar-refractivity contribution in [1.29, 1.82) is 0 Å². The van der Waals surface area contributed by atoms with E-state index >= 15 is 0 Å². The predicted molar refractivity (Wildman–Crippen MR) is 90.5 cm³/mol. The van der Waals surface area contributed by atoms with E-state index in [2.05, 4.69) is 20.5 Å². The van der Waals surface area contributed by atoms with Crippen LogP contribution in [0, 0.1) is 0 Å². The average Bonchev–Trinajstić information content (AvgIpc) is 2.52. The van der Waals surface area contributed by atoms with Crippen LogP contribution in [0.15, 0.2) is 36.7 Å². The van der Waals surface area contributed by atoms with Gasteiger partial charge in [0.15, 0.2) is 11.5 Å². The summed E-state index contributed by atoms with van der Waals surface area (Å²) < 4.78 is 0. The molecule has 0 fully saturated rings. The van der Waals surface area contributed by atoms with Crippen LogP contribution in [0.3, 0.4) is 0 Å². The molecular weight excluding hydrogens is 290 g/mol. The lowest BCUT2D eigenvalue weighted by molar-refractivity contribution is 0.0913. The molecule has 0 atom stereocenters. The minimum Gasteiger partial charge on any atom is -0.358 e. The maximum Gasteiger partial charge on any atom is 0.272 e. The van der Waals surface area contributed by atoms with Crippen LogP contribution in [0.2, 0.25) is 0 Å². The fourth-order valence-electron chi connectivity index (χ4n) is 2.02. The topological polar surface area (TPSA) is 71.0 Å². The number of anilines is 1. The van der Waals surface area contributed by atoms with Gasteiger partial charge in [-0.15, -0.1) is 10.2 Å². The summed E-state index contributed by atoms with van der Waals surface area (Å²) in [5.74, 6) is 0.530. The molecule has 2 heterocycles. The Labute approximate surface area is 137 Å². The summed E-state index contributed by atoms with van der Waals surface area (Å²) >= 11 is 0. The van der Waals surface area contributed by atoms with E-state index in [0.717, 1.165) is 18.8 Å². The number of carbonyl (C=O) groups excluding carboxylic acids is 1. The molecule has 0 aromatic carbocycles. The van der Waals surface area contributed by atoms with Gasteiger partial charge in [-0.25, -0.2) is 0 Å². The molecule has 0 aliphatic carbocycles. The van der Waals surface area contributed by atoms with Crippen molar-refractivity contribution in [3.63, 3.8) is 0 Å². The molecule has 0 aliphatic rings. The number of nitrogens with one attached hydrogen (secondary N) is 1. The first kappa shape index (κ1) is 16.9. The SMILES string of the molecule is CN(CCc1ccncc1)c1ccc(C(=O)NC(C)(C)C)nn1. The zero-order chi connectivity index (χ0) is 16.9. The summed E-state index contributed by atoms with van der Waals surface area (Å²) in [4.78, 5) is 18.0. The summed E-state index contributed by atoms with van der Waals surface area (Å²) in [6, 6.07) is 7.52. The monoisotopic (exact) mass is 313 g/mol. The molecule has 0 spiro atoms. The van der Waals surface area contributed by atoms with Crippen molar-refractivity contribution in [1.82, 2.24) is 20.5 Å². The van der Waals surface area contributed by atoms with Gasteiger partial charge in [0.1, 0.15) is 0 Å². The fourth-order valence-corrected chi connectivity index (χ4v) is 2.02. The second kappa shape index (κ2) is 7.17. The standard InChI is InChI=1S/C17H23N5O/c1-17(2,3)19-16(23)14-5-6-15(21-20-14)22(4)12-9-13-7-10-18-11-8-13/h5-8,10-11H,9,12H2,1-4H3,(H,19,23). The van der Waals surface area contributed by atoms with E-state index in [1.165, 1.54) is 5.56 Å². The number of pyridine rings is 1. The highest BCUT2D eigenvalue weighted by Crippen LogP contribution is 2.10. The lowest BCUT2D eigenvalue weighted by Gasteiger charge is -2.20. The minimum absolute atomic E-state index is 0.212. The molecule has 1 amide bonds. The molecule has 0 saturated heterocycles. The molecule has 6 heteroatoms. The highest BCUT2D eigenvalue weighted by Gasteiger charge is 2.16. The predicted octanol–water partition coefficient (Wildman–Crippen LogP) is 2.08. The molecule has 122 valence electrons. The van der Waals surface area contributed by atoms with Crippen LogP contribution < -0.4 is 10.2 Å². The maximum absolute atomic E-state index is 12.0. The van der Waals surface area contributed by atoms with Crippen molar-refractivity contribution in [3.05, 3.63) is 47.9 Å². The summed E-state index contributed by atoms with van der Waals surface area (Å²) in [7, 11) is 1.96. The van der Waals surface area contributed by atoms with Gasteiger partial charge in [0.2, 0.25) is 0 Å². The Hall–Kier alpha value is -2.50. The zero-order valence-electron chi connectivity index (χ0n) is 14.1. The molecule has 0 radical (unpaired) electrons. The number of carbonyl (C=O) groups is 1. The van der Waals surface area contributed by atoms with E-state index in [9.17, 15) is 4.79 Å². The molecule has 23 heavy (non-hydrogen) atoms. The number of nitrogens with zero attached hydrogens (tertiary/aromatic N) is 4. The van der Waals surface area contributed by atoms with Crippen molar-refractivity contribution in [2.45, 2.75) is 32.7 Å². The second-order valence-corrected chi connectivity index (χ2v) is 6.51. The van der Waals surface area contributed by atoms with Crippen LogP contribution in [0.4, 0.5) is 5.82 Å². The summed E-state index contributed by atoms with van der Waals surface area (Å²) in [5.41, 5.74) is 1.26. The largest absolute Gasteiger partial charge is 0.358 e. The Morgan fingerprint density at radius 1 is 1.13 bits per heavy atom. The Morgan fingerprint density at radius 2 is 1.83 bits per heavy atom. The van der Waals surface area contributed by atoms with E-state index < -0.39 is 0 Å². The number of likely N-dealkylation sites (N-methyl/N-ethyl adjacent to an activating group) is 1. The molecule has 0 unspecified atom stereocenters. The lowest BCUT2D eigenvalue weighted by atomic mass is 10.1. The first-order chi connectivity index (χ1) is 10.8. The van der Waals surface area contributed by atoms with E-state index in [4.69, 9.17) is 0 Å². The van der Waals surface area contributed by atoms with Crippen LogP contribution in [0.5, 0.6) is 0 Å². The van der Waals surface area contributed by atoms with E-state index in [-0.39, 0.29) is 11.4 Å². The van der Waals surface area contributed by atoms with Crippen LogP contribution in [-0.4, -0.2) is 40.2 Å². The van der Waals surface area contributed by atoms with Gasteiger partial charge in [-0.3, -0.25) is 9.78 Å². The second-order valence-electron chi connectivity index (χ2n) is 6.51. The number of hydrogen-bond acceptors (Lipinski definition) is 5. The van der Waals surface area contributed by atoms with Crippen molar-refractivity contribution in [2.75, 3.05) is 18.5 Å². The Balaban J connectivity index is 1.94. The number of aromatic nitrogens is 3. The number of hydrogen-bond donors (Lipinski definition) is 1. The lowest BCUT2D eigenvalue weighted by Crippen LogP contribution is -2.41. The van der Waals surface area contributed by atoms with E-state index in [1.807, 2.05) is 50.9 Å². The summed E-state index contributed by atoms with van der Waals surface area (Å²) in [6.07, 6.45) is 4.47. The zero-order valence-corrected chi connectivity index (χ0v) is 14.1. The Morgan fingerprint density at radius 3 is 2.39 bits per heavy atom. The molecular formula is C17H23N5O. The Bertz CT molecular complexity index is 634. The minimum atomic E-state index is -0.293. The van der Waals surface area contributed by atoms with Crippen molar-refractivity contribution < 1.29 is 4.79 Å². The van der Waals surface area contributed by atoms with E-state index in [1.54, 1.807) is 18.5 Å². The maximum atomic E-state index is 12.0. The molecule has 2 aromatic rings. The molecule has 2 aromatic heterocycles. The molecule has 0 aliphatic heterocycles. The normalized spacial score (nSPS) is 11.1. The molecule has 6 nitrogen and oxygen atoms in total. The van der Waals surface area contributed by atoms with Gasteiger partial charge in [-0.1, -0.05) is 0 Å². The molecule has 1 N–H and O–H groups in total. The van der Waals surface area contributed by atoms with Crippen molar-refractivity contribution in [3.8, 4) is 0 Å². The smallest absolute Gasteiger partial charge is 0.272 e. The van der Waals surface area contributed by atoms with Crippen LogP contribution in [0.1, 0.15) is 36.8 Å². The van der Waals surface area contributed by atoms with Crippen LogP contribution in [0.25, 0.3) is 0 Å². The van der Waals surface area contributed by atoms with Crippen molar-refractivity contribution in [2.24, 2.45) is 0 Å². The molecule has 0 bridgehead atoms. The highest BCUT2D eigenvalue weighted by atomic mass is 16.2. The van der Waals surface area contributed by atoms with Gasteiger partial charge < -0.3 is 10.2 Å². The number of amides is 1. The van der Waals surface area contributed by atoms with E-state index in [0.29, 0.717) is 5.69 Å². The first-order valence-corrected chi connectivity index (χ1v) is 7.61. The van der Waals surface area contributed by atoms with Crippen LogP contribution in [-0.2, 0) is 6.42 Å². The third-order valence-corrected chi connectivity index (χ3v) is 3.25. The third kappa shape index (κ3) is 5.32. The quantitative estimate of drug-likeness (QED) is 0.915. The summed E-state index contributed by atoms with van der Waals surface area (Å²) in [5, 5.41) is 11.0. The van der Waals surface area contributed by atoms with Gasteiger partial charge in [0.05, 0.1) is 0 Å². The van der Waals surface area contributed by atoms with Gasteiger partial charge in [0.25, 0.3) is 5.91 Å². The average molecular weight is 313 g/mol.